The van der Waals surface area contributed by atoms with Crippen LogP contribution in [0.2, 0.25) is 0 Å². The monoisotopic (exact) mass is 459 g/mol. The van der Waals surface area contributed by atoms with Gasteiger partial charge in [0.15, 0.2) is 0 Å². The van der Waals surface area contributed by atoms with Crippen molar-refractivity contribution in [3.63, 3.8) is 0 Å². The van der Waals surface area contributed by atoms with Crippen molar-refractivity contribution in [2.45, 2.75) is 12.5 Å². The number of benzene rings is 2. The van der Waals surface area contributed by atoms with Crippen LogP contribution < -0.4 is 0 Å². The number of nitrogens with zero attached hydrogens (tertiary/aromatic N) is 3. The Hall–Kier alpha value is -2.42. The second kappa shape index (κ2) is 10.0. The van der Waals surface area contributed by atoms with E-state index in [2.05, 4.69) is 4.90 Å². The van der Waals surface area contributed by atoms with E-state index in [-0.39, 0.29) is 17.5 Å². The number of halogens is 2. The third-order valence-corrected chi connectivity index (χ3v) is 7.20. The molecule has 2 aliphatic rings. The van der Waals surface area contributed by atoms with E-state index < -0.39 is 22.6 Å². The zero-order valence-corrected chi connectivity index (χ0v) is 18.9. The summed E-state index contributed by atoms with van der Waals surface area (Å²) in [4.78, 5) is 16.7. The zero-order chi connectivity index (χ0) is 22.7. The minimum Gasteiger partial charge on any atom is -0.340 e. The highest BCUT2D eigenvalue weighted by molar-refractivity contribution is 7.81. The number of carbonyl (C=O) groups is 1. The van der Waals surface area contributed by atoms with Gasteiger partial charge in [-0.15, -0.1) is 0 Å². The average Bonchev–Trinajstić information content (AvgIpc) is 3.23. The van der Waals surface area contributed by atoms with Gasteiger partial charge in [0.2, 0.25) is 5.91 Å². The second-order valence-electron chi connectivity index (χ2n) is 8.13. The van der Waals surface area contributed by atoms with Crippen molar-refractivity contribution in [2.24, 2.45) is 0 Å². The number of hydrogen-bond donors (Lipinski definition) is 0. The summed E-state index contributed by atoms with van der Waals surface area (Å²) in [7, 11) is -1.01. The van der Waals surface area contributed by atoms with Gasteiger partial charge in [-0.3, -0.25) is 9.69 Å². The van der Waals surface area contributed by atoms with Crippen LogP contribution in [0.25, 0.3) is 5.57 Å². The molecule has 170 valence electrons. The summed E-state index contributed by atoms with van der Waals surface area (Å²) >= 11 is 0. The summed E-state index contributed by atoms with van der Waals surface area (Å²) in [5.74, 6) is -0.864. The van der Waals surface area contributed by atoms with Gasteiger partial charge in [0, 0.05) is 57.5 Å². The third-order valence-electron chi connectivity index (χ3n) is 6.11. The molecule has 2 atom stereocenters. The summed E-state index contributed by atoms with van der Waals surface area (Å²) in [6.07, 6.45) is 3.96. The quantitative estimate of drug-likeness (QED) is 0.666. The van der Waals surface area contributed by atoms with Gasteiger partial charge in [0.05, 0.1) is 17.0 Å². The van der Waals surface area contributed by atoms with E-state index in [1.54, 1.807) is 6.26 Å². The Morgan fingerprint density at radius 1 is 1.06 bits per heavy atom. The fourth-order valence-corrected chi connectivity index (χ4v) is 5.03. The van der Waals surface area contributed by atoms with Crippen molar-refractivity contribution in [1.29, 1.82) is 0 Å². The fourth-order valence-electron chi connectivity index (χ4n) is 4.35. The maximum absolute atomic E-state index is 14.4. The molecule has 0 aromatic heterocycles. The van der Waals surface area contributed by atoms with E-state index >= 15 is 0 Å². The van der Waals surface area contributed by atoms with Crippen LogP contribution in [0.15, 0.2) is 54.6 Å². The van der Waals surface area contributed by atoms with Crippen LogP contribution in [0.5, 0.6) is 0 Å². The lowest BCUT2D eigenvalue weighted by molar-refractivity contribution is -0.132. The number of amides is 1. The van der Waals surface area contributed by atoms with Crippen LogP contribution >= 0.6 is 0 Å². The van der Waals surface area contributed by atoms with Crippen LogP contribution in [-0.4, -0.2) is 69.7 Å². The first-order chi connectivity index (χ1) is 15.4. The molecule has 0 bridgehead atoms. The smallest absolute Gasteiger partial charge is 0.223 e. The predicted molar refractivity (Wildman–Crippen MR) is 122 cm³/mol. The summed E-state index contributed by atoms with van der Waals surface area (Å²) in [5.41, 5.74) is 2.04. The first-order valence-electron chi connectivity index (χ1n) is 10.7. The molecule has 1 saturated heterocycles. The molecule has 0 spiro atoms. The normalized spacial score (nSPS) is 20.9. The van der Waals surface area contributed by atoms with E-state index in [9.17, 15) is 17.8 Å². The van der Waals surface area contributed by atoms with Crippen molar-refractivity contribution in [3.05, 3.63) is 77.4 Å². The maximum atomic E-state index is 14.4. The molecular weight excluding hydrogens is 432 g/mol. The zero-order valence-electron chi connectivity index (χ0n) is 18.0. The molecule has 8 heteroatoms. The minimum atomic E-state index is -1.01. The highest BCUT2D eigenvalue weighted by Gasteiger charge is 2.29. The first kappa shape index (κ1) is 22.8. The summed E-state index contributed by atoms with van der Waals surface area (Å²) < 4.78 is 41.7. The molecule has 5 nitrogen and oxygen atoms in total. The summed E-state index contributed by atoms with van der Waals surface area (Å²) in [6, 6.07) is 13.2. The van der Waals surface area contributed by atoms with E-state index in [1.165, 1.54) is 6.07 Å². The standard InChI is InChI=1S/C24H27F2N3O2S/c1-32(31)29-13-11-27(12-14-29)24(30)9-10-28-17-19(21-16-20(25)7-8-22(21)26)15-23(28)18-5-3-2-4-6-18/h2-8,15-16,23H,9-14,17H2,1H3/t23-,32?/m0/s1. The SMILES string of the molecule is CS(=O)N1CCN(C(=O)CCN2CC(c3cc(F)ccc3F)=C[C@H]2c2ccccc2)CC1. The molecule has 2 aromatic rings. The van der Waals surface area contributed by atoms with Gasteiger partial charge in [0.1, 0.15) is 11.6 Å². The third kappa shape index (κ3) is 5.14. The van der Waals surface area contributed by atoms with Gasteiger partial charge in [-0.2, -0.15) is 0 Å². The summed E-state index contributed by atoms with van der Waals surface area (Å²) in [6.45, 7) is 3.30. The van der Waals surface area contributed by atoms with E-state index in [4.69, 9.17) is 0 Å². The van der Waals surface area contributed by atoms with Crippen molar-refractivity contribution >= 4 is 22.5 Å². The Morgan fingerprint density at radius 3 is 2.47 bits per heavy atom. The summed E-state index contributed by atoms with van der Waals surface area (Å²) in [5, 5.41) is 0. The molecule has 4 rings (SSSR count). The number of carbonyl (C=O) groups excluding carboxylic acids is 1. The number of hydrogen-bond acceptors (Lipinski definition) is 3. The number of piperazine rings is 1. The van der Waals surface area contributed by atoms with Gasteiger partial charge in [-0.25, -0.2) is 17.3 Å². The molecular formula is C24H27F2N3O2S. The lowest BCUT2D eigenvalue weighted by Crippen LogP contribution is -2.49. The Labute approximate surface area is 189 Å². The average molecular weight is 460 g/mol. The first-order valence-corrected chi connectivity index (χ1v) is 12.3. The molecule has 1 amide bonds. The van der Waals surface area contributed by atoms with Gasteiger partial charge in [0.25, 0.3) is 0 Å². The minimum absolute atomic E-state index is 0.0590. The van der Waals surface area contributed by atoms with Crippen molar-refractivity contribution < 1.29 is 17.8 Å². The lowest BCUT2D eigenvalue weighted by Gasteiger charge is -2.33. The topological polar surface area (TPSA) is 43.9 Å². The predicted octanol–water partition coefficient (Wildman–Crippen LogP) is 3.23. The van der Waals surface area contributed by atoms with E-state index in [0.717, 1.165) is 23.3 Å². The highest BCUT2D eigenvalue weighted by atomic mass is 32.2. The van der Waals surface area contributed by atoms with Crippen molar-refractivity contribution in [1.82, 2.24) is 14.1 Å². The van der Waals surface area contributed by atoms with E-state index in [0.29, 0.717) is 45.7 Å². The Balaban J connectivity index is 1.46. The largest absolute Gasteiger partial charge is 0.340 e. The van der Waals surface area contributed by atoms with Gasteiger partial charge >= 0.3 is 0 Å². The second-order valence-corrected chi connectivity index (χ2v) is 9.49. The van der Waals surface area contributed by atoms with Gasteiger partial charge in [-0.05, 0) is 29.3 Å². The van der Waals surface area contributed by atoms with E-state index in [1.807, 2.05) is 45.6 Å². The van der Waals surface area contributed by atoms with Gasteiger partial charge < -0.3 is 4.90 Å². The molecule has 2 heterocycles. The molecule has 2 aliphatic heterocycles. The van der Waals surface area contributed by atoms with Crippen LogP contribution in [0.4, 0.5) is 8.78 Å². The van der Waals surface area contributed by atoms with Crippen LogP contribution in [0, 0.1) is 11.6 Å². The molecule has 1 fully saturated rings. The Bertz CT molecular complexity index is 1020. The van der Waals surface area contributed by atoms with Crippen molar-refractivity contribution in [3.8, 4) is 0 Å². The molecule has 32 heavy (non-hydrogen) atoms. The molecule has 0 saturated carbocycles. The molecule has 0 aliphatic carbocycles. The molecule has 1 unspecified atom stereocenters. The Kier molecular flexibility index (Phi) is 7.13. The van der Waals surface area contributed by atoms with Crippen molar-refractivity contribution in [2.75, 3.05) is 45.5 Å². The fraction of sp³-hybridized carbons (Fsp3) is 0.375. The highest BCUT2D eigenvalue weighted by Crippen LogP contribution is 2.35. The van der Waals surface area contributed by atoms with Crippen LogP contribution in [-0.2, 0) is 15.8 Å². The number of rotatable bonds is 6. The maximum Gasteiger partial charge on any atom is 0.223 e. The van der Waals surface area contributed by atoms with Crippen LogP contribution in [0.1, 0.15) is 23.6 Å². The van der Waals surface area contributed by atoms with Gasteiger partial charge in [-0.1, -0.05) is 36.4 Å². The Morgan fingerprint density at radius 2 is 1.78 bits per heavy atom. The molecule has 0 N–H and O–H groups in total. The molecule has 0 radical (unpaired) electrons. The molecule has 2 aromatic carbocycles. The lowest BCUT2D eigenvalue weighted by atomic mass is 10.0. The van der Waals surface area contributed by atoms with Crippen LogP contribution in [0.3, 0.4) is 0 Å².